The van der Waals surface area contributed by atoms with Gasteiger partial charge in [-0.3, -0.25) is 9.59 Å². The summed E-state index contributed by atoms with van der Waals surface area (Å²) in [5.41, 5.74) is -0.175. The monoisotopic (exact) mass is 302 g/mol. The van der Waals surface area contributed by atoms with Crippen molar-refractivity contribution in [3.63, 3.8) is 0 Å². The average Bonchev–Trinajstić information content (AvgIpc) is 3.00. The molecule has 1 fully saturated rings. The number of aromatic amines is 1. The first kappa shape index (κ1) is 14.8. The third kappa shape index (κ3) is 3.55. The van der Waals surface area contributed by atoms with Crippen LogP contribution >= 0.6 is 0 Å². The molecule has 2 atom stereocenters. The number of amides is 1. The van der Waals surface area contributed by atoms with Gasteiger partial charge in [0.1, 0.15) is 0 Å². The lowest BCUT2D eigenvalue weighted by Crippen LogP contribution is -2.49. The largest absolute Gasteiger partial charge is 0.352 e. The van der Waals surface area contributed by atoms with Crippen LogP contribution in [0.4, 0.5) is 5.82 Å². The van der Waals surface area contributed by atoms with Crippen molar-refractivity contribution in [1.82, 2.24) is 15.3 Å². The average molecular weight is 302 g/mol. The quantitative estimate of drug-likeness (QED) is 0.820. The van der Waals surface area contributed by atoms with Crippen molar-refractivity contribution in [2.45, 2.75) is 38.1 Å². The molecular formula is C16H22N4O2. The van der Waals surface area contributed by atoms with Gasteiger partial charge in [0.05, 0.1) is 0 Å². The first-order chi connectivity index (χ1) is 10.7. The fourth-order valence-corrected chi connectivity index (χ4v) is 3.25. The molecule has 22 heavy (non-hydrogen) atoms. The van der Waals surface area contributed by atoms with Crippen LogP contribution in [0.5, 0.6) is 0 Å². The van der Waals surface area contributed by atoms with Crippen LogP contribution in [0.15, 0.2) is 29.3 Å². The molecule has 2 aliphatic rings. The molecule has 118 valence electrons. The molecular weight excluding hydrogens is 280 g/mol. The number of rotatable bonds is 4. The topological polar surface area (TPSA) is 78.1 Å². The molecule has 6 nitrogen and oxygen atoms in total. The van der Waals surface area contributed by atoms with Crippen LogP contribution in [0, 0.1) is 5.92 Å². The van der Waals surface area contributed by atoms with Gasteiger partial charge in [0.2, 0.25) is 5.91 Å². The Bertz CT molecular complexity index is 610. The SMILES string of the molecule is O=C(C[C@H]1C=CCC1)N[C@@H]1CCCN(c2ncc[nH]c2=O)C1. The van der Waals surface area contributed by atoms with Crippen LogP contribution in [0.25, 0.3) is 0 Å². The number of piperidine rings is 1. The minimum atomic E-state index is -0.175. The van der Waals surface area contributed by atoms with E-state index >= 15 is 0 Å². The number of nitrogens with one attached hydrogen (secondary N) is 2. The van der Waals surface area contributed by atoms with Crippen LogP contribution in [-0.4, -0.2) is 35.0 Å². The predicted octanol–water partition coefficient (Wildman–Crippen LogP) is 1.21. The van der Waals surface area contributed by atoms with E-state index in [1.807, 2.05) is 4.90 Å². The number of H-pyrrole nitrogens is 1. The first-order valence-corrected chi connectivity index (χ1v) is 7.97. The number of anilines is 1. The highest BCUT2D eigenvalue weighted by atomic mass is 16.1. The van der Waals surface area contributed by atoms with E-state index in [0.29, 0.717) is 24.7 Å². The highest BCUT2D eigenvalue weighted by Crippen LogP contribution is 2.20. The zero-order chi connectivity index (χ0) is 15.4. The molecule has 1 aliphatic carbocycles. The molecule has 0 unspecified atom stereocenters. The first-order valence-electron chi connectivity index (χ1n) is 7.97. The minimum Gasteiger partial charge on any atom is -0.352 e. The van der Waals surface area contributed by atoms with Crippen molar-refractivity contribution < 1.29 is 4.79 Å². The van der Waals surface area contributed by atoms with Gasteiger partial charge in [-0.25, -0.2) is 4.98 Å². The van der Waals surface area contributed by atoms with E-state index < -0.39 is 0 Å². The highest BCUT2D eigenvalue weighted by Gasteiger charge is 2.24. The Labute approximate surface area is 129 Å². The molecule has 0 aromatic carbocycles. The zero-order valence-electron chi connectivity index (χ0n) is 12.6. The second kappa shape index (κ2) is 6.77. The standard InChI is InChI=1S/C16H22N4O2/c21-14(10-12-4-1-2-5-12)19-13-6-3-9-20(11-13)15-16(22)18-8-7-17-15/h1,4,7-8,12-13H,2-3,5-6,9-11H2,(H,18,22)(H,19,21)/t12-,13+/m0/s1. The lowest BCUT2D eigenvalue weighted by atomic mass is 10.0. The summed E-state index contributed by atoms with van der Waals surface area (Å²) in [4.78, 5) is 32.7. The number of carbonyl (C=O) groups excluding carboxylic acids is 1. The molecule has 1 saturated heterocycles. The smallest absolute Gasteiger partial charge is 0.290 e. The van der Waals surface area contributed by atoms with E-state index in [0.717, 1.165) is 32.2 Å². The lowest BCUT2D eigenvalue weighted by Gasteiger charge is -2.33. The molecule has 3 rings (SSSR count). The van der Waals surface area contributed by atoms with Crippen LogP contribution in [0.1, 0.15) is 32.1 Å². The second-order valence-electron chi connectivity index (χ2n) is 6.06. The summed E-state index contributed by atoms with van der Waals surface area (Å²) in [6, 6.07) is 0.0908. The van der Waals surface area contributed by atoms with Crippen molar-refractivity contribution >= 4 is 11.7 Å². The maximum Gasteiger partial charge on any atom is 0.290 e. The molecule has 2 heterocycles. The van der Waals surface area contributed by atoms with Gasteiger partial charge in [0.25, 0.3) is 5.56 Å². The van der Waals surface area contributed by atoms with Crippen molar-refractivity contribution in [2.75, 3.05) is 18.0 Å². The van der Waals surface area contributed by atoms with Crippen molar-refractivity contribution in [3.8, 4) is 0 Å². The lowest BCUT2D eigenvalue weighted by molar-refractivity contribution is -0.122. The summed E-state index contributed by atoms with van der Waals surface area (Å²) in [5.74, 6) is 0.942. The Morgan fingerprint density at radius 3 is 3.14 bits per heavy atom. The molecule has 0 radical (unpaired) electrons. The number of nitrogens with zero attached hydrogens (tertiary/aromatic N) is 2. The number of carbonyl (C=O) groups is 1. The van der Waals surface area contributed by atoms with Gasteiger partial charge in [-0.05, 0) is 31.6 Å². The van der Waals surface area contributed by atoms with E-state index in [-0.39, 0.29) is 17.5 Å². The van der Waals surface area contributed by atoms with Gasteiger partial charge < -0.3 is 15.2 Å². The van der Waals surface area contributed by atoms with Crippen LogP contribution < -0.4 is 15.8 Å². The van der Waals surface area contributed by atoms with E-state index in [4.69, 9.17) is 0 Å². The van der Waals surface area contributed by atoms with Crippen LogP contribution in [-0.2, 0) is 4.79 Å². The summed E-state index contributed by atoms with van der Waals surface area (Å²) >= 11 is 0. The fraction of sp³-hybridized carbons (Fsp3) is 0.562. The van der Waals surface area contributed by atoms with Gasteiger partial charge >= 0.3 is 0 Å². The Morgan fingerprint density at radius 1 is 1.45 bits per heavy atom. The molecule has 1 amide bonds. The van der Waals surface area contributed by atoms with Crippen LogP contribution in [0.2, 0.25) is 0 Å². The molecule has 1 aromatic rings. The van der Waals surface area contributed by atoms with Crippen LogP contribution in [0.3, 0.4) is 0 Å². The normalized spacial score (nSPS) is 24.5. The Balaban J connectivity index is 1.56. The Morgan fingerprint density at radius 2 is 2.36 bits per heavy atom. The molecule has 0 saturated carbocycles. The molecule has 1 aromatic heterocycles. The molecule has 0 bridgehead atoms. The summed E-state index contributed by atoms with van der Waals surface area (Å²) in [5, 5.41) is 3.11. The van der Waals surface area contributed by atoms with Gasteiger partial charge in [-0.15, -0.1) is 0 Å². The molecule has 0 spiro atoms. The summed E-state index contributed by atoms with van der Waals surface area (Å²) in [6.45, 7) is 1.45. The number of hydrogen-bond donors (Lipinski definition) is 2. The fourth-order valence-electron chi connectivity index (χ4n) is 3.25. The maximum absolute atomic E-state index is 12.1. The van der Waals surface area contributed by atoms with Gasteiger partial charge in [0.15, 0.2) is 5.82 Å². The van der Waals surface area contributed by atoms with E-state index in [1.54, 1.807) is 6.20 Å². The Hall–Kier alpha value is -2.11. The van der Waals surface area contributed by atoms with Gasteiger partial charge in [0, 0.05) is 37.9 Å². The third-order valence-electron chi connectivity index (χ3n) is 4.33. The molecule has 1 aliphatic heterocycles. The summed E-state index contributed by atoms with van der Waals surface area (Å²) < 4.78 is 0. The second-order valence-corrected chi connectivity index (χ2v) is 6.06. The van der Waals surface area contributed by atoms with Gasteiger partial charge in [-0.2, -0.15) is 0 Å². The molecule has 6 heteroatoms. The summed E-state index contributed by atoms with van der Waals surface area (Å²) in [6.07, 6.45) is 12.0. The van der Waals surface area contributed by atoms with Crippen molar-refractivity contribution in [3.05, 3.63) is 34.9 Å². The number of aromatic nitrogens is 2. The van der Waals surface area contributed by atoms with E-state index in [9.17, 15) is 9.59 Å². The summed E-state index contributed by atoms with van der Waals surface area (Å²) in [7, 11) is 0. The number of hydrogen-bond acceptors (Lipinski definition) is 4. The predicted molar refractivity (Wildman–Crippen MR) is 84.7 cm³/mol. The van der Waals surface area contributed by atoms with Crippen molar-refractivity contribution in [2.24, 2.45) is 5.92 Å². The number of allylic oxidation sites excluding steroid dienone is 2. The van der Waals surface area contributed by atoms with E-state index in [1.165, 1.54) is 6.20 Å². The Kier molecular flexibility index (Phi) is 4.56. The molecule has 2 N–H and O–H groups in total. The maximum atomic E-state index is 12.1. The highest BCUT2D eigenvalue weighted by molar-refractivity contribution is 5.77. The zero-order valence-corrected chi connectivity index (χ0v) is 12.6. The van der Waals surface area contributed by atoms with E-state index in [2.05, 4.69) is 27.4 Å². The van der Waals surface area contributed by atoms with Gasteiger partial charge in [-0.1, -0.05) is 12.2 Å². The third-order valence-corrected chi connectivity index (χ3v) is 4.33. The van der Waals surface area contributed by atoms with Crippen molar-refractivity contribution in [1.29, 1.82) is 0 Å². The minimum absolute atomic E-state index is 0.0908.